The fraction of sp³-hybridized carbons (Fsp3) is 1.00. The van der Waals surface area contributed by atoms with Crippen molar-refractivity contribution in [3.63, 3.8) is 0 Å². The maximum absolute atomic E-state index is 12.0. The van der Waals surface area contributed by atoms with Crippen molar-refractivity contribution >= 4 is 0 Å². The maximum Gasteiger partial charge on any atom is 0.406 e. The molecular formula is C5H7F4N. The first-order chi connectivity index (χ1) is 4.35. The van der Waals surface area contributed by atoms with Crippen LogP contribution in [0.25, 0.3) is 0 Å². The molecule has 2 N–H and O–H groups in total. The van der Waals surface area contributed by atoms with Gasteiger partial charge in [-0.05, 0) is 0 Å². The highest BCUT2D eigenvalue weighted by Gasteiger charge is 2.59. The summed E-state index contributed by atoms with van der Waals surface area (Å²) in [6.45, 7) is 0. The van der Waals surface area contributed by atoms with E-state index in [1.807, 2.05) is 0 Å². The lowest BCUT2D eigenvalue weighted by molar-refractivity contribution is -0.219. The summed E-state index contributed by atoms with van der Waals surface area (Å²) in [6.07, 6.45) is -6.99. The van der Waals surface area contributed by atoms with Crippen molar-refractivity contribution < 1.29 is 17.6 Å². The Balaban J connectivity index is 2.57. The molecule has 1 fully saturated rings. The molecule has 1 aliphatic carbocycles. The molecule has 0 spiro atoms. The third-order valence-corrected chi connectivity index (χ3v) is 1.74. The van der Waals surface area contributed by atoms with Crippen molar-refractivity contribution in [1.29, 1.82) is 0 Å². The molecule has 0 heterocycles. The van der Waals surface area contributed by atoms with Gasteiger partial charge >= 0.3 is 6.18 Å². The Kier molecular flexibility index (Phi) is 1.43. The van der Waals surface area contributed by atoms with Crippen LogP contribution in [0.3, 0.4) is 0 Å². The first kappa shape index (κ1) is 7.78. The molecule has 0 aromatic carbocycles. The Morgan fingerprint density at radius 2 is 1.70 bits per heavy atom. The second-order valence-corrected chi connectivity index (χ2v) is 2.66. The second-order valence-electron chi connectivity index (χ2n) is 2.66. The largest absolute Gasteiger partial charge is 0.406 e. The number of nitrogens with two attached hydrogens (primary N) is 1. The fourth-order valence-corrected chi connectivity index (χ4v) is 0.962. The van der Waals surface area contributed by atoms with Gasteiger partial charge in [-0.1, -0.05) is 0 Å². The fourth-order valence-electron chi connectivity index (χ4n) is 0.962. The summed E-state index contributed by atoms with van der Waals surface area (Å²) in [5.41, 5.74) is 2.56. The summed E-state index contributed by atoms with van der Waals surface area (Å²) in [5.74, 6) is 0. The van der Waals surface area contributed by atoms with Crippen LogP contribution in [-0.4, -0.2) is 17.9 Å². The van der Waals surface area contributed by atoms with Crippen LogP contribution in [0.1, 0.15) is 12.8 Å². The molecule has 0 unspecified atom stereocenters. The van der Waals surface area contributed by atoms with E-state index in [0.717, 1.165) is 0 Å². The van der Waals surface area contributed by atoms with Crippen molar-refractivity contribution in [1.82, 2.24) is 0 Å². The third kappa shape index (κ3) is 0.982. The minimum absolute atomic E-state index is 0.587. The van der Waals surface area contributed by atoms with Gasteiger partial charge in [0.25, 0.3) is 0 Å². The smallest absolute Gasteiger partial charge is 0.317 e. The van der Waals surface area contributed by atoms with Gasteiger partial charge in [-0.25, -0.2) is 4.39 Å². The van der Waals surface area contributed by atoms with Crippen LogP contribution in [0.2, 0.25) is 0 Å². The van der Waals surface area contributed by atoms with Gasteiger partial charge in [-0.3, -0.25) is 0 Å². The zero-order valence-electron chi connectivity index (χ0n) is 5.08. The lowest BCUT2D eigenvalue weighted by Crippen LogP contribution is -2.62. The SMILES string of the molecule is NC1(C(F)(F)F)CC(F)C1. The molecule has 0 atom stereocenters. The van der Waals surface area contributed by atoms with E-state index >= 15 is 0 Å². The molecule has 0 amide bonds. The highest BCUT2D eigenvalue weighted by Crippen LogP contribution is 2.44. The van der Waals surface area contributed by atoms with E-state index in [1.165, 1.54) is 0 Å². The molecule has 0 bridgehead atoms. The number of rotatable bonds is 0. The van der Waals surface area contributed by atoms with Gasteiger partial charge in [0.05, 0.1) is 0 Å². The van der Waals surface area contributed by atoms with Crippen molar-refractivity contribution in [2.45, 2.75) is 30.7 Å². The van der Waals surface area contributed by atoms with Crippen LogP contribution in [0.15, 0.2) is 0 Å². The van der Waals surface area contributed by atoms with E-state index in [2.05, 4.69) is 0 Å². The molecule has 5 heteroatoms. The molecule has 60 valence electrons. The molecule has 1 aliphatic rings. The molecule has 1 nitrogen and oxygen atoms in total. The van der Waals surface area contributed by atoms with Crippen LogP contribution in [0, 0.1) is 0 Å². The first-order valence-electron chi connectivity index (χ1n) is 2.85. The van der Waals surface area contributed by atoms with Crippen LogP contribution in [0.4, 0.5) is 17.6 Å². The Morgan fingerprint density at radius 1 is 1.30 bits per heavy atom. The Labute approximate surface area is 55.2 Å². The van der Waals surface area contributed by atoms with Crippen LogP contribution >= 0.6 is 0 Å². The first-order valence-corrected chi connectivity index (χ1v) is 2.85. The molecular weight excluding hydrogens is 150 g/mol. The van der Waals surface area contributed by atoms with Gasteiger partial charge < -0.3 is 5.73 Å². The van der Waals surface area contributed by atoms with Crippen molar-refractivity contribution in [3.05, 3.63) is 0 Å². The van der Waals surface area contributed by atoms with Crippen molar-refractivity contribution in [2.75, 3.05) is 0 Å². The average molecular weight is 157 g/mol. The van der Waals surface area contributed by atoms with E-state index in [0.29, 0.717) is 0 Å². The van der Waals surface area contributed by atoms with Crippen LogP contribution in [0.5, 0.6) is 0 Å². The minimum Gasteiger partial charge on any atom is -0.317 e. The number of hydrogen-bond acceptors (Lipinski definition) is 1. The number of alkyl halides is 4. The summed E-state index contributed by atoms with van der Waals surface area (Å²) in [7, 11) is 0. The van der Waals surface area contributed by atoms with Crippen molar-refractivity contribution in [2.24, 2.45) is 5.73 Å². The van der Waals surface area contributed by atoms with Crippen LogP contribution in [-0.2, 0) is 0 Å². The molecule has 10 heavy (non-hydrogen) atoms. The molecule has 1 saturated carbocycles. The van der Waals surface area contributed by atoms with E-state index in [4.69, 9.17) is 5.73 Å². The highest BCUT2D eigenvalue weighted by molar-refractivity contribution is 5.04. The van der Waals surface area contributed by atoms with Gasteiger partial charge in [0.1, 0.15) is 11.7 Å². The average Bonchev–Trinajstić information content (AvgIpc) is 1.58. The second kappa shape index (κ2) is 1.84. The highest BCUT2D eigenvalue weighted by atomic mass is 19.4. The maximum atomic E-state index is 12.0. The third-order valence-electron chi connectivity index (χ3n) is 1.74. The number of halogens is 4. The minimum atomic E-state index is -4.45. The van der Waals surface area contributed by atoms with Gasteiger partial charge in [-0.2, -0.15) is 13.2 Å². The molecule has 0 saturated heterocycles. The predicted molar refractivity (Wildman–Crippen MR) is 27.1 cm³/mol. The summed E-state index contributed by atoms with van der Waals surface area (Å²) >= 11 is 0. The van der Waals surface area contributed by atoms with E-state index in [1.54, 1.807) is 0 Å². The number of hydrogen-bond donors (Lipinski definition) is 1. The molecule has 0 radical (unpaired) electrons. The summed E-state index contributed by atoms with van der Waals surface area (Å²) in [5, 5.41) is 0. The lowest BCUT2D eigenvalue weighted by atomic mass is 9.75. The Morgan fingerprint density at radius 3 is 1.80 bits per heavy atom. The quantitative estimate of drug-likeness (QED) is 0.528. The van der Waals surface area contributed by atoms with Crippen LogP contribution < -0.4 is 5.73 Å². The zero-order chi connectivity index (χ0) is 7.99. The summed E-state index contributed by atoms with van der Waals surface area (Å²) < 4.78 is 47.3. The van der Waals surface area contributed by atoms with E-state index in [-0.39, 0.29) is 0 Å². The molecule has 0 aliphatic heterocycles. The molecule has 0 aromatic heterocycles. The van der Waals surface area contributed by atoms with Gasteiger partial charge in [0, 0.05) is 12.8 Å². The van der Waals surface area contributed by atoms with Crippen molar-refractivity contribution in [3.8, 4) is 0 Å². The monoisotopic (exact) mass is 157 g/mol. The Hall–Kier alpha value is -0.320. The van der Waals surface area contributed by atoms with Gasteiger partial charge in [0.15, 0.2) is 0 Å². The Bertz CT molecular complexity index is 135. The summed E-state index contributed by atoms with van der Waals surface area (Å²) in [4.78, 5) is 0. The summed E-state index contributed by atoms with van der Waals surface area (Å²) in [6, 6.07) is 0. The van der Waals surface area contributed by atoms with E-state index in [9.17, 15) is 17.6 Å². The van der Waals surface area contributed by atoms with Gasteiger partial charge in [-0.15, -0.1) is 0 Å². The molecule has 1 rings (SSSR count). The lowest BCUT2D eigenvalue weighted by Gasteiger charge is -2.41. The predicted octanol–water partition coefficient (Wildman–Crippen LogP) is 1.38. The van der Waals surface area contributed by atoms with Gasteiger partial charge in [0.2, 0.25) is 0 Å². The van der Waals surface area contributed by atoms with E-state index < -0.39 is 30.7 Å². The zero-order valence-corrected chi connectivity index (χ0v) is 5.08. The normalized spacial score (nSPS) is 41.1. The standard InChI is InChI=1S/C5H7F4N/c6-3-1-4(10,2-3)5(7,8)9/h3H,1-2,10H2. The topological polar surface area (TPSA) is 26.0 Å². The molecule has 0 aromatic rings.